The minimum Gasteiger partial charge on any atom is -0.462 e. The molecule has 0 atom stereocenters. The second kappa shape index (κ2) is 15.9. The van der Waals surface area contributed by atoms with Crippen molar-refractivity contribution in [3.05, 3.63) is 42.0 Å². The lowest BCUT2D eigenvalue weighted by molar-refractivity contribution is -0.440. The van der Waals surface area contributed by atoms with Crippen molar-refractivity contribution >= 4 is 17.9 Å². The lowest BCUT2D eigenvalue weighted by Gasteiger charge is -2.39. The molecule has 0 bridgehead atoms. The van der Waals surface area contributed by atoms with Gasteiger partial charge in [0.1, 0.15) is 5.75 Å². The summed E-state index contributed by atoms with van der Waals surface area (Å²) in [5.41, 5.74) is -2.88. The van der Waals surface area contributed by atoms with Gasteiger partial charge in [-0.2, -0.15) is 114 Å². The fourth-order valence-electron chi connectivity index (χ4n) is 3.68. The van der Waals surface area contributed by atoms with Gasteiger partial charge in [-0.05, 0) is 18.2 Å². The van der Waals surface area contributed by atoms with Gasteiger partial charge in [0.05, 0.1) is 37.2 Å². The molecule has 0 aliphatic carbocycles. The van der Waals surface area contributed by atoms with Crippen LogP contribution in [0.4, 0.5) is 114 Å². The largest absolute Gasteiger partial charge is 0.462 e. The first-order valence-corrected chi connectivity index (χ1v) is 14.1. The minimum absolute atomic E-state index is 0.0305. The van der Waals surface area contributed by atoms with Crippen molar-refractivity contribution in [3.63, 3.8) is 0 Å². The van der Waals surface area contributed by atoms with Gasteiger partial charge in [-0.1, -0.05) is 6.58 Å². The van der Waals surface area contributed by atoms with Crippen molar-refractivity contribution in [1.82, 2.24) is 0 Å². The van der Waals surface area contributed by atoms with Crippen LogP contribution in [-0.2, 0) is 14.3 Å². The normalized spacial score (nSPS) is 14.8. The van der Waals surface area contributed by atoms with Gasteiger partial charge in [0.15, 0.2) is 0 Å². The third-order valence-corrected chi connectivity index (χ3v) is 7.06. The highest BCUT2D eigenvalue weighted by Gasteiger charge is 2.92. The van der Waals surface area contributed by atoms with Crippen LogP contribution >= 0.6 is 0 Å². The van der Waals surface area contributed by atoms with Crippen LogP contribution in [-0.4, -0.2) is 103 Å². The van der Waals surface area contributed by atoms with E-state index in [0.29, 0.717) is 0 Å². The number of esters is 3. The van der Waals surface area contributed by atoms with Crippen molar-refractivity contribution in [2.24, 2.45) is 0 Å². The third kappa shape index (κ3) is 9.03. The lowest BCUT2D eigenvalue weighted by atomic mass is 9.93. The van der Waals surface area contributed by atoms with Crippen LogP contribution in [0.5, 0.6) is 5.75 Å². The van der Waals surface area contributed by atoms with E-state index in [1.54, 1.807) is 0 Å². The van der Waals surface area contributed by atoms with E-state index in [2.05, 4.69) is 20.8 Å². The molecule has 0 N–H and O–H groups in total. The van der Waals surface area contributed by atoms with Crippen molar-refractivity contribution < 1.29 is 143 Å². The molecule has 0 aliphatic heterocycles. The highest BCUT2D eigenvalue weighted by atomic mass is 19.4. The molecule has 0 saturated carbocycles. The van der Waals surface area contributed by atoms with Crippen LogP contribution in [0.15, 0.2) is 30.9 Å². The Morgan fingerprint density at radius 2 is 0.712 bits per heavy atom. The molecule has 0 aromatic heterocycles. The van der Waals surface area contributed by atoms with E-state index in [0.717, 1.165) is 0 Å². The summed E-state index contributed by atoms with van der Waals surface area (Å²) in [6.07, 6.45) is -21.5. The number of ether oxygens (including phenoxy) is 3. The maximum atomic E-state index is 14.0. The van der Waals surface area contributed by atoms with Crippen molar-refractivity contribution in [2.45, 2.75) is 84.4 Å². The molecular weight excluding hydrogens is 914 g/mol. The van der Waals surface area contributed by atoms with Gasteiger partial charge in [0.2, 0.25) is 0 Å². The number of halogens is 26. The summed E-state index contributed by atoms with van der Waals surface area (Å²) in [7, 11) is 0. The molecule has 32 heteroatoms. The third-order valence-electron chi connectivity index (χ3n) is 7.06. The summed E-state index contributed by atoms with van der Waals surface area (Å²) in [5.74, 6) is -85.8. The summed E-state index contributed by atoms with van der Waals surface area (Å²) in [5, 5.41) is 0. The Morgan fingerprint density at radius 1 is 0.441 bits per heavy atom. The van der Waals surface area contributed by atoms with Crippen LogP contribution in [0.1, 0.15) is 33.6 Å². The Morgan fingerprint density at radius 3 is 0.966 bits per heavy atom. The van der Waals surface area contributed by atoms with Gasteiger partial charge in [-0.15, -0.1) is 0 Å². The Balaban J connectivity index is 3.36. The monoisotopic (exact) mass is 928 g/mol. The number of benzene rings is 1. The van der Waals surface area contributed by atoms with Gasteiger partial charge in [-0.3, -0.25) is 0 Å². The second-order valence-electron chi connectivity index (χ2n) is 11.1. The molecule has 1 rings (SSSR count). The molecule has 0 amide bonds. The molecule has 0 spiro atoms. The molecule has 0 unspecified atom stereocenters. The predicted molar refractivity (Wildman–Crippen MR) is 134 cm³/mol. The van der Waals surface area contributed by atoms with Crippen LogP contribution < -0.4 is 4.74 Å². The van der Waals surface area contributed by atoms with Crippen molar-refractivity contribution in [3.8, 4) is 5.75 Å². The van der Waals surface area contributed by atoms with Crippen LogP contribution in [0, 0.1) is 0 Å². The molecule has 0 radical (unpaired) electrons. The molecule has 0 aliphatic rings. The van der Waals surface area contributed by atoms with E-state index in [9.17, 15) is 129 Å². The highest BCUT2D eigenvalue weighted by molar-refractivity contribution is 5.96. The van der Waals surface area contributed by atoms with Crippen LogP contribution in [0.25, 0.3) is 0 Å². The number of carbonyl (C=O) groups is 3. The van der Waals surface area contributed by atoms with E-state index in [4.69, 9.17) is 0 Å². The number of rotatable bonds is 18. The average molecular weight is 928 g/mol. The number of carbonyl (C=O) groups excluding carboxylic acids is 3. The second-order valence-corrected chi connectivity index (χ2v) is 11.1. The van der Waals surface area contributed by atoms with E-state index in [-0.39, 0.29) is 24.3 Å². The molecular formula is C27H14F26O6. The Labute approximate surface area is 307 Å². The molecule has 0 fully saturated rings. The van der Waals surface area contributed by atoms with E-state index < -0.39 is 132 Å². The number of hydrogen-bond acceptors (Lipinski definition) is 6. The maximum Gasteiger partial charge on any atom is 0.460 e. The highest BCUT2D eigenvalue weighted by Crippen LogP contribution is 2.62. The van der Waals surface area contributed by atoms with E-state index >= 15 is 0 Å². The summed E-state index contributed by atoms with van der Waals surface area (Å²) >= 11 is 0. The Kier molecular flexibility index (Phi) is 14.1. The van der Waals surface area contributed by atoms with E-state index in [1.807, 2.05) is 0 Å². The summed E-state index contributed by atoms with van der Waals surface area (Å²) in [6.45, 7) is -2.00. The van der Waals surface area contributed by atoms with Crippen molar-refractivity contribution in [2.75, 3.05) is 13.2 Å². The van der Waals surface area contributed by atoms with Gasteiger partial charge < -0.3 is 14.2 Å². The van der Waals surface area contributed by atoms with Gasteiger partial charge in [-0.25, -0.2) is 14.4 Å². The quantitative estimate of drug-likeness (QED) is 0.0632. The predicted octanol–water partition coefficient (Wildman–Crippen LogP) is 10.3. The smallest absolute Gasteiger partial charge is 0.460 e. The van der Waals surface area contributed by atoms with Gasteiger partial charge >= 0.3 is 89.5 Å². The minimum atomic E-state index is -8.29. The van der Waals surface area contributed by atoms with Crippen LogP contribution in [0.2, 0.25) is 0 Å². The SMILES string of the molecule is C=CC(=O)Oc1cc(C(=O)OCCC(F)(F)C(F)(F)C(F)(F)C(F)(F)C(F)(F)C(F)(F)F)cc(C(=O)OCCC(F)(F)C(F)(F)C(F)(F)C(F)(F)C(F)(F)C(F)(F)F)c1. The average Bonchev–Trinajstić information content (AvgIpc) is 3.05. The lowest BCUT2D eigenvalue weighted by Crippen LogP contribution is -2.70. The fourth-order valence-corrected chi connectivity index (χ4v) is 3.68. The Bertz CT molecular complexity index is 1620. The van der Waals surface area contributed by atoms with Crippen molar-refractivity contribution in [1.29, 1.82) is 0 Å². The number of hydrogen-bond donors (Lipinski definition) is 0. The summed E-state index contributed by atoms with van der Waals surface area (Å²) < 4.78 is 357. The first-order valence-electron chi connectivity index (χ1n) is 14.1. The van der Waals surface area contributed by atoms with Gasteiger partial charge in [0, 0.05) is 6.08 Å². The number of alkyl halides is 26. The fraction of sp³-hybridized carbons (Fsp3) is 0.593. The standard InChI is InChI=1S/C27H14F26O6/c1-2-13(54)59-12-8-10(14(55)57-5-3-16(28,29)18(32,33)20(36,37)22(40,41)24(44,45)26(48,49)50)7-11(9-12)15(56)58-6-4-17(30,31)19(34,35)21(38,39)23(42,43)25(46,47)27(51,52)53/h2,7-9H,1,3-6H2. The van der Waals surface area contributed by atoms with Gasteiger partial charge in [0.25, 0.3) is 0 Å². The summed E-state index contributed by atoms with van der Waals surface area (Å²) in [4.78, 5) is 36.2. The molecule has 59 heavy (non-hydrogen) atoms. The zero-order chi connectivity index (χ0) is 47.2. The first-order chi connectivity index (χ1) is 25.8. The van der Waals surface area contributed by atoms with Crippen LogP contribution in [0.3, 0.4) is 0 Å². The first kappa shape index (κ1) is 52.6. The maximum absolute atomic E-state index is 14.0. The molecule has 340 valence electrons. The Hall–Kier alpha value is -4.45. The molecule has 1 aromatic carbocycles. The molecule has 6 nitrogen and oxygen atoms in total. The summed E-state index contributed by atoms with van der Waals surface area (Å²) in [6, 6.07) is 0.293. The van der Waals surface area contributed by atoms with E-state index in [1.165, 1.54) is 0 Å². The zero-order valence-corrected chi connectivity index (χ0v) is 27.1. The molecule has 0 heterocycles. The molecule has 0 saturated heterocycles. The zero-order valence-electron chi connectivity index (χ0n) is 27.1. The topological polar surface area (TPSA) is 78.9 Å². The molecule has 1 aromatic rings.